The molecule has 0 spiro atoms. The monoisotopic (exact) mass is 311 g/mol. The second-order valence-electron chi connectivity index (χ2n) is 4.96. The van der Waals surface area contributed by atoms with Crippen molar-refractivity contribution >= 4 is 17.5 Å². The maximum absolute atomic E-state index is 12.2. The molecule has 0 bridgehead atoms. The maximum atomic E-state index is 12.2. The third-order valence-electron chi connectivity index (χ3n) is 3.29. The van der Waals surface area contributed by atoms with Gasteiger partial charge in [-0.05, 0) is 37.6 Å². The minimum absolute atomic E-state index is 0.0532. The highest BCUT2D eigenvalue weighted by atomic mass is 16.6. The predicted molar refractivity (Wildman–Crippen MR) is 88.8 cm³/mol. The Morgan fingerprint density at radius 2 is 2.04 bits per heavy atom. The van der Waals surface area contributed by atoms with Crippen LogP contribution in [0.1, 0.15) is 28.4 Å². The smallest absolute Gasteiger partial charge is 0.273 e. The van der Waals surface area contributed by atoms with Gasteiger partial charge in [0.15, 0.2) is 5.78 Å². The number of ketones is 1. The number of nitro groups is 1. The fourth-order valence-electron chi connectivity index (χ4n) is 2.10. The molecule has 23 heavy (non-hydrogen) atoms. The van der Waals surface area contributed by atoms with Gasteiger partial charge >= 0.3 is 0 Å². The third kappa shape index (κ3) is 4.26. The van der Waals surface area contributed by atoms with Crippen molar-refractivity contribution in [3.05, 3.63) is 75.3 Å². The minimum Gasteiger partial charge on any atom is -0.494 e. The molecule has 2 rings (SSSR count). The molecule has 0 aliphatic carbocycles. The van der Waals surface area contributed by atoms with Gasteiger partial charge in [0.2, 0.25) is 0 Å². The molecule has 5 nitrogen and oxygen atoms in total. The van der Waals surface area contributed by atoms with Gasteiger partial charge in [-0.1, -0.05) is 30.3 Å². The number of hydrogen-bond acceptors (Lipinski definition) is 4. The molecule has 0 fully saturated rings. The highest BCUT2D eigenvalue weighted by molar-refractivity contribution is 6.07. The molecule has 0 saturated heterocycles. The van der Waals surface area contributed by atoms with E-state index in [-0.39, 0.29) is 11.5 Å². The quantitative estimate of drug-likeness (QED) is 0.347. The van der Waals surface area contributed by atoms with Crippen molar-refractivity contribution in [1.29, 1.82) is 0 Å². The van der Waals surface area contributed by atoms with E-state index in [9.17, 15) is 14.9 Å². The first-order valence-corrected chi connectivity index (χ1v) is 7.21. The highest BCUT2D eigenvalue weighted by Gasteiger charge is 2.13. The van der Waals surface area contributed by atoms with Gasteiger partial charge in [0, 0.05) is 17.2 Å². The summed E-state index contributed by atoms with van der Waals surface area (Å²) in [5.74, 6) is 0.447. The van der Waals surface area contributed by atoms with Crippen LogP contribution in [0, 0.1) is 17.0 Å². The molecule has 0 heterocycles. The Hall–Kier alpha value is -2.95. The van der Waals surface area contributed by atoms with Crippen LogP contribution in [-0.4, -0.2) is 17.3 Å². The first kappa shape index (κ1) is 16.4. The summed E-state index contributed by atoms with van der Waals surface area (Å²) >= 11 is 0. The summed E-state index contributed by atoms with van der Waals surface area (Å²) in [5, 5.41) is 10.9. The van der Waals surface area contributed by atoms with Gasteiger partial charge in [-0.25, -0.2) is 0 Å². The average molecular weight is 311 g/mol. The van der Waals surface area contributed by atoms with Gasteiger partial charge in [-0.3, -0.25) is 14.9 Å². The molecule has 0 amide bonds. The fraction of sp³-hybridized carbons (Fsp3) is 0.167. The SMILES string of the molecule is CCOc1cccc(/C=C/C(=O)c2ccc(C)c([N+](=O)[O-])c2)c1. The van der Waals surface area contributed by atoms with Crippen molar-refractivity contribution in [2.24, 2.45) is 0 Å². The molecular weight excluding hydrogens is 294 g/mol. The number of benzene rings is 2. The molecule has 0 unspecified atom stereocenters. The van der Waals surface area contributed by atoms with Gasteiger partial charge in [-0.15, -0.1) is 0 Å². The molecule has 0 radical (unpaired) electrons. The van der Waals surface area contributed by atoms with E-state index in [4.69, 9.17) is 4.74 Å². The van der Waals surface area contributed by atoms with Crippen molar-refractivity contribution in [3.63, 3.8) is 0 Å². The van der Waals surface area contributed by atoms with E-state index in [0.29, 0.717) is 17.7 Å². The molecule has 0 atom stereocenters. The van der Waals surface area contributed by atoms with Gasteiger partial charge in [0.05, 0.1) is 11.5 Å². The Morgan fingerprint density at radius 3 is 2.74 bits per heavy atom. The van der Waals surface area contributed by atoms with Crippen LogP contribution in [0.5, 0.6) is 5.75 Å². The number of aryl methyl sites for hydroxylation is 1. The third-order valence-corrected chi connectivity index (χ3v) is 3.29. The Bertz CT molecular complexity index is 765. The van der Waals surface area contributed by atoms with Crippen molar-refractivity contribution < 1.29 is 14.5 Å². The molecule has 0 aliphatic rings. The highest BCUT2D eigenvalue weighted by Crippen LogP contribution is 2.20. The van der Waals surface area contributed by atoms with Gasteiger partial charge < -0.3 is 4.74 Å². The lowest BCUT2D eigenvalue weighted by Gasteiger charge is -2.03. The molecule has 5 heteroatoms. The number of carbonyl (C=O) groups is 1. The van der Waals surface area contributed by atoms with Crippen molar-refractivity contribution in [2.45, 2.75) is 13.8 Å². The molecule has 0 N–H and O–H groups in total. The van der Waals surface area contributed by atoms with E-state index in [1.54, 1.807) is 25.1 Å². The van der Waals surface area contributed by atoms with E-state index in [2.05, 4.69) is 0 Å². The van der Waals surface area contributed by atoms with Crippen LogP contribution in [-0.2, 0) is 0 Å². The van der Waals surface area contributed by atoms with Crippen molar-refractivity contribution in [2.75, 3.05) is 6.61 Å². The standard InChI is InChI=1S/C18H17NO4/c1-3-23-16-6-4-5-14(11-16)8-10-18(20)15-9-7-13(2)17(12-15)19(21)22/h4-12H,3H2,1-2H3/b10-8+. The first-order valence-electron chi connectivity index (χ1n) is 7.21. The van der Waals surface area contributed by atoms with Crippen LogP contribution < -0.4 is 4.74 Å². The van der Waals surface area contributed by atoms with E-state index < -0.39 is 4.92 Å². The molecule has 2 aromatic carbocycles. The van der Waals surface area contributed by atoms with Crippen LogP contribution in [0.15, 0.2) is 48.5 Å². The molecule has 0 aliphatic heterocycles. The Kier molecular flexibility index (Phi) is 5.25. The summed E-state index contributed by atoms with van der Waals surface area (Å²) in [6.45, 7) is 4.11. The van der Waals surface area contributed by atoms with E-state index in [1.165, 1.54) is 12.1 Å². The average Bonchev–Trinajstić information content (AvgIpc) is 2.53. The second kappa shape index (κ2) is 7.35. The normalized spacial score (nSPS) is 10.7. The summed E-state index contributed by atoms with van der Waals surface area (Å²) < 4.78 is 5.40. The lowest BCUT2D eigenvalue weighted by Crippen LogP contribution is -1.98. The summed E-state index contributed by atoms with van der Waals surface area (Å²) in [5.41, 5.74) is 1.59. The number of allylic oxidation sites excluding steroid dienone is 1. The van der Waals surface area contributed by atoms with E-state index in [0.717, 1.165) is 11.3 Å². The number of nitrogens with zero attached hydrogens (tertiary/aromatic N) is 1. The number of carbonyl (C=O) groups excluding carboxylic acids is 1. The van der Waals surface area contributed by atoms with E-state index >= 15 is 0 Å². The van der Waals surface area contributed by atoms with Gasteiger partial charge in [0.25, 0.3) is 5.69 Å². The molecule has 0 aromatic heterocycles. The molecule has 0 saturated carbocycles. The van der Waals surface area contributed by atoms with Gasteiger partial charge in [-0.2, -0.15) is 0 Å². The topological polar surface area (TPSA) is 69.4 Å². The zero-order chi connectivity index (χ0) is 16.8. The van der Waals surface area contributed by atoms with Crippen LogP contribution >= 0.6 is 0 Å². The van der Waals surface area contributed by atoms with Crippen LogP contribution in [0.4, 0.5) is 5.69 Å². The fourth-order valence-corrected chi connectivity index (χ4v) is 2.10. The number of hydrogen-bond donors (Lipinski definition) is 0. The summed E-state index contributed by atoms with van der Waals surface area (Å²) in [6.07, 6.45) is 3.07. The molecular formula is C18H17NO4. The number of ether oxygens (including phenoxy) is 1. The Balaban J connectivity index is 2.20. The number of nitro benzene ring substituents is 1. The minimum atomic E-state index is -0.485. The summed E-state index contributed by atoms with van der Waals surface area (Å²) in [4.78, 5) is 22.6. The van der Waals surface area contributed by atoms with Crippen LogP contribution in [0.2, 0.25) is 0 Å². The molecule has 2 aromatic rings. The first-order chi connectivity index (χ1) is 11.0. The van der Waals surface area contributed by atoms with Crippen molar-refractivity contribution in [3.8, 4) is 5.75 Å². The zero-order valence-corrected chi connectivity index (χ0v) is 13.0. The van der Waals surface area contributed by atoms with Crippen LogP contribution in [0.3, 0.4) is 0 Å². The maximum Gasteiger partial charge on any atom is 0.273 e. The second-order valence-corrected chi connectivity index (χ2v) is 4.96. The summed E-state index contributed by atoms with van der Waals surface area (Å²) in [7, 11) is 0. The number of rotatable bonds is 6. The zero-order valence-electron chi connectivity index (χ0n) is 13.0. The lowest BCUT2D eigenvalue weighted by atomic mass is 10.1. The molecule has 118 valence electrons. The summed E-state index contributed by atoms with van der Waals surface area (Å²) in [6, 6.07) is 11.8. The van der Waals surface area contributed by atoms with Crippen LogP contribution in [0.25, 0.3) is 6.08 Å². The predicted octanol–water partition coefficient (Wildman–Crippen LogP) is 4.20. The van der Waals surface area contributed by atoms with Crippen molar-refractivity contribution in [1.82, 2.24) is 0 Å². The Morgan fingerprint density at radius 1 is 1.26 bits per heavy atom. The van der Waals surface area contributed by atoms with E-state index in [1.807, 2.05) is 31.2 Å². The Labute approximate surface area is 134 Å². The largest absolute Gasteiger partial charge is 0.494 e. The van der Waals surface area contributed by atoms with Gasteiger partial charge in [0.1, 0.15) is 5.75 Å². The lowest BCUT2D eigenvalue weighted by molar-refractivity contribution is -0.385.